The molecule has 0 aromatic rings. The number of hydrogen-bond acceptors (Lipinski definition) is 0. The van der Waals surface area contributed by atoms with E-state index in [0.29, 0.717) is 0 Å². The fourth-order valence-corrected chi connectivity index (χ4v) is 2.64. The third-order valence-electron chi connectivity index (χ3n) is 2.01. The van der Waals surface area contributed by atoms with Crippen LogP contribution in [0.25, 0.3) is 0 Å². The van der Waals surface area contributed by atoms with Crippen LogP contribution in [-0.2, 0) is 0 Å². The van der Waals surface area contributed by atoms with Crippen LogP contribution in [0.3, 0.4) is 0 Å². The maximum absolute atomic E-state index is 3.84. The average molecular weight is 195 g/mol. The third-order valence-corrected chi connectivity index (χ3v) is 3.41. The highest BCUT2D eigenvalue weighted by atomic mass is 31.1. The Hall–Kier alpha value is -0.550. The highest BCUT2D eigenvalue weighted by Gasteiger charge is 2.07. The molecular formula is C11H18NP. The van der Waals surface area contributed by atoms with Crippen molar-refractivity contribution in [2.75, 3.05) is 20.4 Å². The van der Waals surface area contributed by atoms with Crippen LogP contribution in [0.5, 0.6) is 0 Å². The zero-order valence-electron chi connectivity index (χ0n) is 8.75. The van der Waals surface area contributed by atoms with Crippen LogP contribution in [0.2, 0.25) is 0 Å². The Morgan fingerprint density at radius 1 is 1.38 bits per heavy atom. The second kappa shape index (κ2) is 4.62. The molecule has 2 heteroatoms. The maximum atomic E-state index is 3.84. The number of hydrogen-bond donors (Lipinski definition) is 0. The van der Waals surface area contributed by atoms with Crippen molar-refractivity contribution in [3.63, 3.8) is 0 Å². The Bertz CT molecular complexity index is 261. The molecule has 0 fully saturated rings. The van der Waals surface area contributed by atoms with Gasteiger partial charge in [-0.15, -0.1) is 14.0 Å². The lowest BCUT2D eigenvalue weighted by molar-refractivity contribution is -0.439. The summed E-state index contributed by atoms with van der Waals surface area (Å²) in [6.07, 6.45) is 7.07. The van der Waals surface area contributed by atoms with Crippen molar-refractivity contribution >= 4 is 14.6 Å². The normalized spacial score (nSPS) is 16.6. The van der Waals surface area contributed by atoms with Crippen molar-refractivity contribution in [3.05, 3.63) is 29.6 Å². The molecule has 0 spiro atoms. The van der Waals surface area contributed by atoms with Gasteiger partial charge in [-0.2, -0.15) is 6.08 Å². The summed E-state index contributed by atoms with van der Waals surface area (Å²) in [7, 11) is 1.99. The predicted molar refractivity (Wildman–Crippen MR) is 61.8 cm³/mol. The monoisotopic (exact) mass is 195 g/mol. The molecule has 0 saturated carbocycles. The molecule has 0 atom stereocenters. The molecule has 0 saturated heterocycles. The van der Waals surface area contributed by atoms with Gasteiger partial charge in [0, 0.05) is 0 Å². The molecule has 1 nitrogen and oxygen atoms in total. The second-order valence-electron chi connectivity index (χ2n) is 3.61. The van der Waals surface area contributed by atoms with Gasteiger partial charge < -0.3 is 0 Å². The van der Waals surface area contributed by atoms with E-state index in [0.717, 1.165) is 0 Å². The minimum atomic E-state index is 0.0186. The predicted octanol–water partition coefficient (Wildman–Crippen LogP) is 2.84. The molecule has 1 rings (SSSR count). The summed E-state index contributed by atoms with van der Waals surface area (Å²) in [6.45, 7) is 10.6. The topological polar surface area (TPSA) is 3.01 Å². The van der Waals surface area contributed by atoms with Gasteiger partial charge in [0.05, 0.1) is 13.3 Å². The van der Waals surface area contributed by atoms with E-state index >= 15 is 0 Å². The van der Waals surface area contributed by atoms with Crippen molar-refractivity contribution in [2.24, 2.45) is 0 Å². The van der Waals surface area contributed by atoms with Gasteiger partial charge in [-0.05, 0) is 19.8 Å². The van der Waals surface area contributed by atoms with E-state index in [1.807, 2.05) is 11.6 Å². The first-order valence-corrected chi connectivity index (χ1v) is 6.81. The highest BCUT2D eigenvalue weighted by Crippen LogP contribution is 2.44. The van der Waals surface area contributed by atoms with E-state index in [1.165, 1.54) is 23.7 Å². The Labute approximate surface area is 82.6 Å². The lowest BCUT2D eigenvalue weighted by atomic mass is 10.1. The molecule has 0 bridgehead atoms. The van der Waals surface area contributed by atoms with Gasteiger partial charge in [0.15, 0.2) is 0 Å². The lowest BCUT2D eigenvalue weighted by Gasteiger charge is -2.23. The molecule has 0 aromatic heterocycles. The van der Waals surface area contributed by atoms with Crippen LogP contribution < -0.4 is 0 Å². The molecule has 0 N–H and O–H groups in total. The first kappa shape index (κ1) is 10.5. The zero-order valence-corrected chi connectivity index (χ0v) is 9.64. The molecule has 0 unspecified atom stereocenters. The average Bonchev–Trinajstić information content (AvgIpc) is 2.03. The first-order valence-electron chi connectivity index (χ1n) is 4.57. The summed E-state index contributed by atoms with van der Waals surface area (Å²) in [5.41, 5.74) is 1.37. The summed E-state index contributed by atoms with van der Waals surface area (Å²) in [5.74, 6) is 0. The van der Waals surface area contributed by atoms with Gasteiger partial charge in [-0.3, -0.25) is 4.58 Å². The van der Waals surface area contributed by atoms with Crippen molar-refractivity contribution in [1.29, 1.82) is 0 Å². The van der Waals surface area contributed by atoms with Crippen LogP contribution in [0.1, 0.15) is 12.8 Å². The fourth-order valence-electron chi connectivity index (χ4n) is 1.48. The lowest BCUT2D eigenvalue weighted by Crippen LogP contribution is -2.04. The Morgan fingerprint density at radius 2 is 2.00 bits per heavy atom. The van der Waals surface area contributed by atoms with E-state index in [-0.39, 0.29) is 7.92 Å². The summed E-state index contributed by atoms with van der Waals surface area (Å²) < 4.78 is 1.88. The minimum absolute atomic E-state index is 0.0186. The van der Waals surface area contributed by atoms with Gasteiger partial charge in [-0.25, -0.2) is 0 Å². The van der Waals surface area contributed by atoms with Crippen LogP contribution >= 0.6 is 7.92 Å². The smallest absolute Gasteiger partial charge is 0.120 e. The largest absolute Gasteiger partial charge is 0.293 e. The molecule has 0 aromatic carbocycles. The molecule has 1 aliphatic rings. The van der Waals surface area contributed by atoms with Gasteiger partial charge in [-0.1, -0.05) is 17.3 Å². The maximum Gasteiger partial charge on any atom is 0.120 e. The fraction of sp³-hybridized carbons (Fsp3) is 0.455. The van der Waals surface area contributed by atoms with E-state index in [9.17, 15) is 0 Å². The number of rotatable bonds is 3. The summed E-state index contributed by atoms with van der Waals surface area (Å²) >= 11 is 0. The molecule has 0 heterocycles. The minimum Gasteiger partial charge on any atom is -0.293 e. The molecular weight excluding hydrogens is 177 g/mol. The molecule has 0 radical (unpaired) electrons. The van der Waals surface area contributed by atoms with Crippen LogP contribution in [0.4, 0.5) is 0 Å². The molecule has 13 heavy (non-hydrogen) atoms. The van der Waals surface area contributed by atoms with E-state index < -0.39 is 0 Å². The van der Waals surface area contributed by atoms with Gasteiger partial charge in [0.25, 0.3) is 0 Å². The summed E-state index contributed by atoms with van der Waals surface area (Å²) in [6, 6.07) is 0. The van der Waals surface area contributed by atoms with Crippen LogP contribution in [0, 0.1) is 6.54 Å². The van der Waals surface area contributed by atoms with Crippen molar-refractivity contribution < 1.29 is 4.58 Å². The third kappa shape index (κ3) is 3.00. The molecule has 0 aliphatic heterocycles. The van der Waals surface area contributed by atoms with E-state index in [2.05, 4.69) is 38.7 Å². The Balaban J connectivity index is 2.75. The van der Waals surface area contributed by atoms with E-state index in [4.69, 9.17) is 0 Å². The first-order chi connectivity index (χ1) is 6.11. The van der Waals surface area contributed by atoms with Crippen molar-refractivity contribution in [2.45, 2.75) is 12.8 Å². The zero-order chi connectivity index (χ0) is 9.84. The van der Waals surface area contributed by atoms with Crippen molar-refractivity contribution in [1.82, 2.24) is 0 Å². The van der Waals surface area contributed by atoms with Gasteiger partial charge in [0.2, 0.25) is 0 Å². The Kier molecular flexibility index (Phi) is 3.74. The SMILES string of the molecule is C=[N+](C)[CH-]C1=CCCC=C1P(C)C. The van der Waals surface area contributed by atoms with Gasteiger partial charge in [0.1, 0.15) is 7.05 Å². The highest BCUT2D eigenvalue weighted by molar-refractivity contribution is 7.60. The molecule has 72 valence electrons. The number of allylic oxidation sites excluding steroid dienone is 2. The molecule has 0 amide bonds. The Morgan fingerprint density at radius 3 is 2.54 bits per heavy atom. The number of nitrogens with zero attached hydrogens (tertiary/aromatic N) is 1. The van der Waals surface area contributed by atoms with Crippen molar-refractivity contribution in [3.8, 4) is 0 Å². The van der Waals surface area contributed by atoms with E-state index in [1.54, 1.807) is 0 Å². The number of likely N-dealkylation sites (N-methyl/N-ethyl adjacent to an activating group) is 1. The summed E-state index contributed by atoms with van der Waals surface area (Å²) in [5, 5.41) is 1.52. The molecule has 1 aliphatic carbocycles. The van der Waals surface area contributed by atoms with Crippen LogP contribution in [0.15, 0.2) is 23.0 Å². The van der Waals surface area contributed by atoms with Crippen LogP contribution in [-0.4, -0.2) is 31.7 Å². The quantitative estimate of drug-likeness (QED) is 0.282. The second-order valence-corrected chi connectivity index (χ2v) is 5.88. The summed E-state index contributed by atoms with van der Waals surface area (Å²) in [4.78, 5) is 0. The van der Waals surface area contributed by atoms with Gasteiger partial charge >= 0.3 is 0 Å². The standard InChI is InChI=1S/C11H18NP/c1-12(2)9-10-7-5-6-8-11(10)13(3)4/h7-9H,1,5-6H2,2-4H3.